The molecule has 1 aromatic carbocycles. The molecule has 19 heavy (non-hydrogen) atoms. The van der Waals surface area contributed by atoms with Crippen molar-refractivity contribution >= 4 is 11.4 Å². The Balaban J connectivity index is 1.75. The average Bonchev–Trinajstić information content (AvgIpc) is 2.90. The number of fused-ring (bicyclic) bond motifs is 1. The van der Waals surface area contributed by atoms with Gasteiger partial charge in [0.1, 0.15) is 0 Å². The maximum atomic E-state index is 3.26. The van der Waals surface area contributed by atoms with Gasteiger partial charge in [0.15, 0.2) is 0 Å². The van der Waals surface area contributed by atoms with Crippen molar-refractivity contribution in [3.8, 4) is 0 Å². The summed E-state index contributed by atoms with van der Waals surface area (Å²) in [5.41, 5.74) is 4.23. The summed E-state index contributed by atoms with van der Waals surface area (Å²) in [6.07, 6.45) is 3.85. The second-order valence-corrected chi connectivity index (χ2v) is 5.70. The minimum absolute atomic E-state index is 0.746. The molecule has 2 aliphatic heterocycles. The van der Waals surface area contributed by atoms with Crippen LogP contribution in [-0.4, -0.2) is 44.2 Å². The Labute approximate surface area is 116 Å². The molecule has 0 aromatic heterocycles. The van der Waals surface area contributed by atoms with Crippen LogP contribution in [0.25, 0.3) is 0 Å². The van der Waals surface area contributed by atoms with Crippen LogP contribution in [0.3, 0.4) is 0 Å². The van der Waals surface area contributed by atoms with E-state index in [4.69, 9.17) is 0 Å². The predicted molar refractivity (Wildman–Crippen MR) is 82.2 cm³/mol. The lowest BCUT2D eigenvalue weighted by Crippen LogP contribution is -2.44. The normalized spacial score (nSPS) is 20.6. The van der Waals surface area contributed by atoms with E-state index in [-0.39, 0.29) is 0 Å². The van der Waals surface area contributed by atoms with Gasteiger partial charge < -0.3 is 15.1 Å². The molecule has 0 unspecified atom stereocenters. The van der Waals surface area contributed by atoms with Gasteiger partial charge >= 0.3 is 0 Å². The van der Waals surface area contributed by atoms with Crippen LogP contribution in [0.2, 0.25) is 0 Å². The molecular weight excluding hydrogens is 234 g/mol. The third-order valence-electron chi connectivity index (χ3n) is 4.75. The van der Waals surface area contributed by atoms with E-state index in [2.05, 4.69) is 40.2 Å². The highest BCUT2D eigenvalue weighted by molar-refractivity contribution is 5.66. The Morgan fingerprint density at radius 1 is 1.21 bits per heavy atom. The number of hydrogen-bond acceptors (Lipinski definition) is 3. The molecule has 3 heteroatoms. The molecule has 1 saturated heterocycles. The molecule has 1 N–H and O–H groups in total. The molecule has 0 radical (unpaired) electrons. The van der Waals surface area contributed by atoms with E-state index in [1.165, 1.54) is 62.4 Å². The molecule has 2 aliphatic rings. The van der Waals surface area contributed by atoms with Crippen molar-refractivity contribution in [2.24, 2.45) is 0 Å². The zero-order valence-electron chi connectivity index (χ0n) is 12.2. The predicted octanol–water partition coefficient (Wildman–Crippen LogP) is 2.58. The van der Waals surface area contributed by atoms with Crippen LogP contribution in [0.5, 0.6) is 0 Å². The zero-order valence-corrected chi connectivity index (χ0v) is 12.2. The summed E-state index contributed by atoms with van der Waals surface area (Å²) >= 11 is 0. The first kappa shape index (κ1) is 12.8. The van der Waals surface area contributed by atoms with Gasteiger partial charge in [-0.1, -0.05) is 13.0 Å². The molecular formula is C16H25N3. The van der Waals surface area contributed by atoms with Crippen molar-refractivity contribution in [2.75, 3.05) is 43.4 Å². The summed E-state index contributed by atoms with van der Waals surface area (Å²) in [4.78, 5) is 5.22. The molecule has 1 aromatic rings. The Kier molecular flexibility index (Phi) is 3.65. The van der Waals surface area contributed by atoms with Gasteiger partial charge in [0, 0.05) is 44.1 Å². The van der Waals surface area contributed by atoms with E-state index in [0.717, 1.165) is 6.04 Å². The van der Waals surface area contributed by atoms with E-state index in [1.807, 2.05) is 7.05 Å². The molecule has 1 fully saturated rings. The summed E-state index contributed by atoms with van der Waals surface area (Å²) in [7, 11) is 2.00. The molecule has 104 valence electrons. The Bertz CT molecular complexity index is 436. The third kappa shape index (κ3) is 2.44. The highest BCUT2D eigenvalue weighted by atomic mass is 15.2. The molecule has 2 heterocycles. The Hall–Kier alpha value is -1.22. The number of anilines is 2. The Morgan fingerprint density at radius 3 is 2.68 bits per heavy atom. The van der Waals surface area contributed by atoms with Gasteiger partial charge in [-0.05, 0) is 43.5 Å². The fraction of sp³-hybridized carbons (Fsp3) is 0.625. The number of benzene rings is 1. The SMILES string of the molecule is CCN1CCC(N2CCc3ccc(NC)cc32)CC1. The van der Waals surface area contributed by atoms with E-state index < -0.39 is 0 Å². The topological polar surface area (TPSA) is 18.5 Å². The van der Waals surface area contributed by atoms with E-state index >= 15 is 0 Å². The van der Waals surface area contributed by atoms with Crippen LogP contribution in [0.15, 0.2) is 18.2 Å². The van der Waals surface area contributed by atoms with Crippen molar-refractivity contribution in [1.29, 1.82) is 0 Å². The molecule has 0 aliphatic carbocycles. The standard InChI is InChI=1S/C16H25N3/c1-3-18-9-7-15(8-10-18)19-11-6-13-4-5-14(17-2)12-16(13)19/h4-5,12,15,17H,3,6-11H2,1-2H3. The number of nitrogens with zero attached hydrogens (tertiary/aromatic N) is 2. The van der Waals surface area contributed by atoms with Crippen molar-refractivity contribution in [2.45, 2.75) is 32.2 Å². The summed E-state index contributed by atoms with van der Waals surface area (Å²) in [5, 5.41) is 3.26. The monoisotopic (exact) mass is 259 g/mol. The Morgan fingerprint density at radius 2 is 2.00 bits per heavy atom. The molecule has 0 bridgehead atoms. The van der Waals surface area contributed by atoms with Crippen molar-refractivity contribution in [1.82, 2.24) is 4.90 Å². The molecule has 0 atom stereocenters. The van der Waals surface area contributed by atoms with Crippen molar-refractivity contribution < 1.29 is 0 Å². The lowest BCUT2D eigenvalue weighted by atomic mass is 10.0. The minimum Gasteiger partial charge on any atom is -0.388 e. The van der Waals surface area contributed by atoms with Gasteiger partial charge in [0.2, 0.25) is 0 Å². The summed E-state index contributed by atoms with van der Waals surface area (Å²) in [6, 6.07) is 7.56. The second-order valence-electron chi connectivity index (χ2n) is 5.70. The van der Waals surface area contributed by atoms with Gasteiger partial charge in [0.05, 0.1) is 0 Å². The van der Waals surface area contributed by atoms with Gasteiger partial charge in [-0.15, -0.1) is 0 Å². The first-order valence-electron chi connectivity index (χ1n) is 7.61. The number of rotatable bonds is 3. The quantitative estimate of drug-likeness (QED) is 0.900. The van der Waals surface area contributed by atoms with Gasteiger partial charge in [0.25, 0.3) is 0 Å². The highest BCUT2D eigenvalue weighted by Gasteiger charge is 2.28. The van der Waals surface area contributed by atoms with Crippen LogP contribution < -0.4 is 10.2 Å². The smallest absolute Gasteiger partial charge is 0.0422 e. The number of likely N-dealkylation sites (tertiary alicyclic amines) is 1. The van der Waals surface area contributed by atoms with Crippen LogP contribution in [-0.2, 0) is 6.42 Å². The van der Waals surface area contributed by atoms with Gasteiger partial charge in [-0.3, -0.25) is 0 Å². The van der Waals surface area contributed by atoms with Crippen molar-refractivity contribution in [3.63, 3.8) is 0 Å². The van der Waals surface area contributed by atoms with E-state index in [9.17, 15) is 0 Å². The lowest BCUT2D eigenvalue weighted by molar-refractivity contribution is 0.219. The third-order valence-corrected chi connectivity index (χ3v) is 4.75. The molecule has 3 rings (SSSR count). The maximum absolute atomic E-state index is 3.26. The first-order chi connectivity index (χ1) is 9.31. The highest BCUT2D eigenvalue weighted by Crippen LogP contribution is 2.34. The summed E-state index contributed by atoms with van der Waals surface area (Å²) < 4.78 is 0. The number of nitrogens with one attached hydrogen (secondary N) is 1. The van der Waals surface area contributed by atoms with E-state index in [1.54, 1.807) is 0 Å². The average molecular weight is 259 g/mol. The molecule has 0 saturated carbocycles. The fourth-order valence-electron chi connectivity index (χ4n) is 3.49. The number of hydrogen-bond donors (Lipinski definition) is 1. The van der Waals surface area contributed by atoms with E-state index in [0.29, 0.717) is 0 Å². The first-order valence-corrected chi connectivity index (χ1v) is 7.61. The molecule has 0 spiro atoms. The van der Waals surface area contributed by atoms with Crippen molar-refractivity contribution in [3.05, 3.63) is 23.8 Å². The summed E-state index contributed by atoms with van der Waals surface area (Å²) in [5.74, 6) is 0. The van der Waals surface area contributed by atoms with Crippen LogP contribution in [0.1, 0.15) is 25.3 Å². The zero-order chi connectivity index (χ0) is 13.2. The lowest BCUT2D eigenvalue weighted by Gasteiger charge is -2.37. The number of piperidine rings is 1. The second kappa shape index (κ2) is 5.41. The summed E-state index contributed by atoms with van der Waals surface area (Å²) in [6.45, 7) is 7.20. The molecule has 0 amide bonds. The largest absolute Gasteiger partial charge is 0.388 e. The van der Waals surface area contributed by atoms with Crippen LogP contribution in [0, 0.1) is 0 Å². The maximum Gasteiger partial charge on any atom is 0.0422 e. The minimum atomic E-state index is 0.746. The van der Waals surface area contributed by atoms with Crippen LogP contribution in [0.4, 0.5) is 11.4 Å². The van der Waals surface area contributed by atoms with Crippen LogP contribution >= 0.6 is 0 Å². The van der Waals surface area contributed by atoms with Gasteiger partial charge in [-0.2, -0.15) is 0 Å². The molecule has 3 nitrogen and oxygen atoms in total. The van der Waals surface area contributed by atoms with Gasteiger partial charge in [-0.25, -0.2) is 0 Å². The fourth-order valence-corrected chi connectivity index (χ4v) is 3.49.